The maximum Gasteiger partial charge on any atom is 0.271 e. The van der Waals surface area contributed by atoms with Gasteiger partial charge in [0, 0.05) is 22.9 Å². The van der Waals surface area contributed by atoms with Gasteiger partial charge in [-0.25, -0.2) is 4.98 Å². The highest BCUT2D eigenvalue weighted by Gasteiger charge is 2.09. The van der Waals surface area contributed by atoms with Gasteiger partial charge in [0.25, 0.3) is 11.5 Å². The lowest BCUT2D eigenvalue weighted by atomic mass is 10.4. The first-order chi connectivity index (χ1) is 10.1. The average molecular weight is 384 g/mol. The minimum Gasteiger partial charge on any atom is -0.350 e. The Labute approximate surface area is 136 Å². The lowest BCUT2D eigenvalue weighted by Gasteiger charge is -2.06. The summed E-state index contributed by atoms with van der Waals surface area (Å²) in [4.78, 5) is 28.9. The van der Waals surface area contributed by atoms with Crippen LogP contribution in [0.4, 0.5) is 0 Å². The van der Waals surface area contributed by atoms with Gasteiger partial charge in [-0.2, -0.15) is 0 Å². The van der Waals surface area contributed by atoms with Crippen molar-refractivity contribution < 1.29 is 4.79 Å². The molecule has 3 aromatic heterocycles. The molecule has 3 heterocycles. The number of amides is 1. The van der Waals surface area contributed by atoms with E-state index in [0.29, 0.717) is 28.2 Å². The van der Waals surface area contributed by atoms with Gasteiger partial charge in [-0.05, 0) is 33.4 Å². The van der Waals surface area contributed by atoms with Gasteiger partial charge in [-0.3, -0.25) is 14.2 Å². The van der Waals surface area contributed by atoms with E-state index in [0.717, 1.165) is 4.47 Å². The Morgan fingerprint density at radius 1 is 1.43 bits per heavy atom. The summed E-state index contributed by atoms with van der Waals surface area (Å²) in [5.41, 5.74) is 0.650. The smallest absolute Gasteiger partial charge is 0.271 e. The highest BCUT2D eigenvalue weighted by Crippen LogP contribution is 2.19. The number of fused-ring (bicyclic) bond motifs is 1. The molecule has 0 aliphatic rings. The van der Waals surface area contributed by atoms with Crippen molar-refractivity contribution in [3.8, 4) is 0 Å². The van der Waals surface area contributed by atoms with Crippen LogP contribution in [0.3, 0.4) is 0 Å². The summed E-state index contributed by atoms with van der Waals surface area (Å²) in [7, 11) is 0. The van der Waals surface area contributed by atoms with Gasteiger partial charge in [0.1, 0.15) is 4.70 Å². The van der Waals surface area contributed by atoms with Crippen molar-refractivity contribution >= 4 is 54.7 Å². The molecule has 5 nitrogen and oxygen atoms in total. The fraction of sp³-hybridized carbons (Fsp3) is 0.154. The molecule has 0 spiro atoms. The van der Waals surface area contributed by atoms with Crippen molar-refractivity contribution in [1.29, 1.82) is 0 Å². The first-order valence-electron chi connectivity index (χ1n) is 6.10. The van der Waals surface area contributed by atoms with Crippen LogP contribution in [-0.4, -0.2) is 22.0 Å². The van der Waals surface area contributed by atoms with E-state index in [1.807, 2.05) is 16.8 Å². The van der Waals surface area contributed by atoms with Crippen molar-refractivity contribution in [3.05, 3.63) is 48.9 Å². The molecule has 8 heteroatoms. The van der Waals surface area contributed by atoms with Gasteiger partial charge in [0.05, 0.1) is 16.7 Å². The standard InChI is InChI=1S/C13H10BrN3O2S2/c14-8-5-10(21-6-8)12(18)15-2-3-17-7-16-9-1-4-20-11(9)13(17)19/h1,4-7H,2-3H2,(H,15,18). The average Bonchev–Trinajstić information content (AvgIpc) is 3.10. The van der Waals surface area contributed by atoms with Crippen LogP contribution in [-0.2, 0) is 6.54 Å². The third-order valence-corrected chi connectivity index (χ3v) is 5.45. The van der Waals surface area contributed by atoms with E-state index in [1.165, 1.54) is 33.6 Å². The molecule has 108 valence electrons. The molecule has 0 unspecified atom stereocenters. The molecule has 3 rings (SSSR count). The lowest BCUT2D eigenvalue weighted by molar-refractivity contribution is 0.0956. The predicted molar refractivity (Wildman–Crippen MR) is 88.2 cm³/mol. The number of carbonyl (C=O) groups excluding carboxylic acids is 1. The van der Waals surface area contributed by atoms with Crippen LogP contribution in [0.25, 0.3) is 10.2 Å². The molecular formula is C13H10BrN3O2S2. The van der Waals surface area contributed by atoms with Crippen molar-refractivity contribution in [2.45, 2.75) is 6.54 Å². The Morgan fingerprint density at radius 3 is 3.05 bits per heavy atom. The van der Waals surface area contributed by atoms with Crippen molar-refractivity contribution in [3.63, 3.8) is 0 Å². The number of thiophene rings is 2. The molecule has 1 amide bonds. The molecule has 0 atom stereocenters. The van der Waals surface area contributed by atoms with E-state index in [1.54, 1.807) is 6.07 Å². The van der Waals surface area contributed by atoms with Gasteiger partial charge in [-0.1, -0.05) is 0 Å². The normalized spacial score (nSPS) is 10.9. The Hall–Kier alpha value is -1.51. The largest absolute Gasteiger partial charge is 0.350 e. The number of carbonyl (C=O) groups is 1. The maximum atomic E-state index is 12.2. The summed E-state index contributed by atoms with van der Waals surface area (Å²) in [6.07, 6.45) is 1.52. The Balaban J connectivity index is 1.65. The van der Waals surface area contributed by atoms with Gasteiger partial charge in [0.15, 0.2) is 0 Å². The van der Waals surface area contributed by atoms with Crippen LogP contribution in [0.2, 0.25) is 0 Å². The second-order valence-corrected chi connectivity index (χ2v) is 7.01. The van der Waals surface area contributed by atoms with E-state index in [9.17, 15) is 9.59 Å². The monoisotopic (exact) mass is 383 g/mol. The summed E-state index contributed by atoms with van der Waals surface area (Å²) in [6.45, 7) is 0.783. The van der Waals surface area contributed by atoms with Gasteiger partial charge in [0.2, 0.25) is 0 Å². The molecule has 3 aromatic rings. The van der Waals surface area contributed by atoms with Crippen molar-refractivity contribution in [2.75, 3.05) is 6.54 Å². The zero-order valence-electron chi connectivity index (χ0n) is 10.7. The van der Waals surface area contributed by atoms with Crippen LogP contribution >= 0.6 is 38.6 Å². The van der Waals surface area contributed by atoms with Crippen LogP contribution < -0.4 is 10.9 Å². The number of nitrogens with one attached hydrogen (secondary N) is 1. The van der Waals surface area contributed by atoms with Crippen LogP contribution in [0.1, 0.15) is 9.67 Å². The fourth-order valence-electron chi connectivity index (χ4n) is 1.85. The van der Waals surface area contributed by atoms with Gasteiger partial charge >= 0.3 is 0 Å². The lowest BCUT2D eigenvalue weighted by Crippen LogP contribution is -2.30. The summed E-state index contributed by atoms with van der Waals surface area (Å²) in [6, 6.07) is 3.59. The molecule has 0 radical (unpaired) electrons. The topological polar surface area (TPSA) is 64.0 Å². The summed E-state index contributed by atoms with van der Waals surface area (Å²) >= 11 is 6.06. The predicted octanol–water partition coefficient (Wildman–Crippen LogP) is 2.71. The molecule has 1 N–H and O–H groups in total. The van der Waals surface area contributed by atoms with Crippen LogP contribution in [0.15, 0.2) is 38.5 Å². The minimum atomic E-state index is -0.135. The van der Waals surface area contributed by atoms with E-state index in [2.05, 4.69) is 26.2 Å². The van der Waals surface area contributed by atoms with Crippen molar-refractivity contribution in [2.24, 2.45) is 0 Å². The van der Waals surface area contributed by atoms with Gasteiger partial charge in [-0.15, -0.1) is 22.7 Å². The van der Waals surface area contributed by atoms with E-state index >= 15 is 0 Å². The highest BCUT2D eigenvalue weighted by molar-refractivity contribution is 9.10. The summed E-state index contributed by atoms with van der Waals surface area (Å²) in [5, 5.41) is 6.50. The SMILES string of the molecule is O=C(NCCn1cnc2ccsc2c1=O)c1cc(Br)cs1. The number of rotatable bonds is 4. The number of nitrogens with zero attached hydrogens (tertiary/aromatic N) is 2. The number of hydrogen-bond acceptors (Lipinski definition) is 5. The van der Waals surface area contributed by atoms with Crippen LogP contribution in [0, 0.1) is 0 Å². The third-order valence-electron chi connectivity index (χ3n) is 2.87. The first-order valence-corrected chi connectivity index (χ1v) is 8.65. The van der Waals surface area contributed by atoms with E-state index in [-0.39, 0.29) is 11.5 Å². The van der Waals surface area contributed by atoms with Crippen molar-refractivity contribution in [1.82, 2.24) is 14.9 Å². The molecule has 0 aromatic carbocycles. The number of aromatic nitrogens is 2. The first kappa shape index (κ1) is 14.4. The van der Waals surface area contributed by atoms with Crippen LogP contribution in [0.5, 0.6) is 0 Å². The molecule has 0 saturated carbocycles. The van der Waals surface area contributed by atoms with Gasteiger partial charge < -0.3 is 5.32 Å². The highest BCUT2D eigenvalue weighted by atomic mass is 79.9. The molecule has 0 aliphatic heterocycles. The second kappa shape index (κ2) is 6.08. The fourth-order valence-corrected chi connectivity index (χ4v) is 3.98. The zero-order valence-corrected chi connectivity index (χ0v) is 13.9. The third kappa shape index (κ3) is 3.07. The maximum absolute atomic E-state index is 12.2. The Kier molecular flexibility index (Phi) is 4.18. The summed E-state index contributed by atoms with van der Waals surface area (Å²) in [5.74, 6) is -0.135. The number of hydrogen-bond donors (Lipinski definition) is 1. The van der Waals surface area contributed by atoms with E-state index in [4.69, 9.17) is 0 Å². The molecule has 0 aliphatic carbocycles. The molecule has 21 heavy (non-hydrogen) atoms. The number of halogens is 1. The second-order valence-electron chi connectivity index (χ2n) is 4.26. The quantitative estimate of drug-likeness (QED) is 0.753. The van der Waals surface area contributed by atoms with E-state index < -0.39 is 0 Å². The molecular weight excluding hydrogens is 374 g/mol. The molecule has 0 bridgehead atoms. The Morgan fingerprint density at radius 2 is 2.29 bits per heavy atom. The zero-order chi connectivity index (χ0) is 14.8. The molecule has 0 saturated heterocycles. The summed E-state index contributed by atoms with van der Waals surface area (Å²) < 4.78 is 3.05. The Bertz CT molecular complexity index is 852. The minimum absolute atomic E-state index is 0.0666. The molecule has 0 fully saturated rings.